The van der Waals surface area contributed by atoms with Gasteiger partial charge in [0.2, 0.25) is 11.9 Å². The quantitative estimate of drug-likeness (QED) is 0.477. The first-order chi connectivity index (χ1) is 15.6. The number of rotatable bonds is 8. The van der Waals surface area contributed by atoms with Crippen molar-refractivity contribution < 1.29 is 4.79 Å². The van der Waals surface area contributed by atoms with Gasteiger partial charge in [0.1, 0.15) is 5.82 Å². The normalized spacial score (nSPS) is 27.0. The Morgan fingerprint density at radius 2 is 1.97 bits per heavy atom. The number of carbonyl (C=O) groups excluding carboxylic acids is 1. The lowest BCUT2D eigenvalue weighted by Gasteiger charge is -2.27. The van der Waals surface area contributed by atoms with E-state index in [9.17, 15) is 4.79 Å². The number of carbonyl (C=O) groups is 1. The molecular weight excluding hydrogens is 472 g/mol. The van der Waals surface area contributed by atoms with Gasteiger partial charge in [-0.2, -0.15) is 10.1 Å². The third-order valence-corrected chi connectivity index (χ3v) is 7.40. The Balaban J connectivity index is 1.23. The van der Waals surface area contributed by atoms with Crippen LogP contribution < -0.4 is 16.4 Å². The molecule has 1 saturated carbocycles. The van der Waals surface area contributed by atoms with Crippen molar-refractivity contribution in [1.82, 2.24) is 24.6 Å². The summed E-state index contributed by atoms with van der Waals surface area (Å²) in [6.07, 6.45) is 14.7. The number of hydrogen-bond donors (Lipinski definition) is 3. The molecule has 2 bridgehead atoms. The van der Waals surface area contributed by atoms with Crippen molar-refractivity contribution in [2.45, 2.75) is 38.3 Å². The van der Waals surface area contributed by atoms with Crippen molar-refractivity contribution in [3.05, 3.63) is 35.2 Å². The van der Waals surface area contributed by atoms with E-state index in [1.165, 1.54) is 32.4 Å². The number of nitrogens with one attached hydrogen (secondary N) is 2. The monoisotopic (exact) mass is 500 g/mol. The Morgan fingerprint density at radius 3 is 2.78 bits per heavy atom. The predicted molar refractivity (Wildman–Crippen MR) is 126 cm³/mol. The highest BCUT2D eigenvalue weighted by Gasteiger charge is 2.47. The molecular formula is C22H29BrN8O. The van der Waals surface area contributed by atoms with E-state index in [0.717, 1.165) is 29.7 Å². The molecule has 1 amide bonds. The van der Waals surface area contributed by atoms with E-state index in [2.05, 4.69) is 58.7 Å². The van der Waals surface area contributed by atoms with Crippen LogP contribution in [0.1, 0.15) is 25.7 Å². The predicted octanol–water partition coefficient (Wildman–Crippen LogP) is 2.75. The average molecular weight is 501 g/mol. The number of allylic oxidation sites excluding steroid dienone is 1. The van der Waals surface area contributed by atoms with Gasteiger partial charge in [-0.3, -0.25) is 9.48 Å². The number of amides is 1. The first kappa shape index (κ1) is 21.4. The number of aromatic nitrogens is 4. The number of likely N-dealkylation sites (tertiary alicyclic amines) is 1. The minimum absolute atomic E-state index is 0.0564. The van der Waals surface area contributed by atoms with Crippen molar-refractivity contribution >= 4 is 39.3 Å². The van der Waals surface area contributed by atoms with Crippen LogP contribution in [0, 0.1) is 17.8 Å². The molecule has 32 heavy (non-hydrogen) atoms. The fraction of sp³-hybridized carbons (Fsp3) is 0.545. The minimum Gasteiger partial charge on any atom is -0.369 e. The maximum absolute atomic E-state index is 12.0. The van der Waals surface area contributed by atoms with Crippen molar-refractivity contribution in [1.29, 1.82) is 0 Å². The van der Waals surface area contributed by atoms with Gasteiger partial charge in [-0.15, -0.1) is 0 Å². The standard InChI is InChI=1S/C22H29BrN8O/c23-17-12-25-22(27-16-11-26-31(13-16)9-8-30-6-2-1-3-7-30)29-21(17)28-19-15-5-4-14(10-15)18(19)20(24)32/h4-5,11-15,18-19H,1-3,6-10H2,(H2,24,32)(H2,25,27,28,29)/t14-,15+,18+,19-/m1/s1. The lowest BCUT2D eigenvalue weighted by atomic mass is 9.88. The number of piperidine rings is 1. The van der Waals surface area contributed by atoms with E-state index in [1.54, 1.807) is 12.4 Å². The molecule has 3 aliphatic rings. The fourth-order valence-electron chi connectivity index (χ4n) is 5.20. The summed E-state index contributed by atoms with van der Waals surface area (Å²) in [4.78, 5) is 23.5. The zero-order valence-corrected chi connectivity index (χ0v) is 19.5. The van der Waals surface area contributed by atoms with E-state index < -0.39 is 0 Å². The van der Waals surface area contributed by atoms with Crippen molar-refractivity contribution in [3.63, 3.8) is 0 Å². The van der Waals surface area contributed by atoms with Crippen LogP contribution in [0.25, 0.3) is 0 Å². The van der Waals surface area contributed by atoms with Gasteiger partial charge >= 0.3 is 0 Å². The van der Waals surface area contributed by atoms with Gasteiger partial charge in [0.15, 0.2) is 0 Å². The summed E-state index contributed by atoms with van der Waals surface area (Å²) in [6, 6.07) is -0.0564. The van der Waals surface area contributed by atoms with Crippen LogP contribution in [-0.4, -0.2) is 56.2 Å². The largest absolute Gasteiger partial charge is 0.369 e. The number of nitrogens with two attached hydrogens (primary N) is 1. The van der Waals surface area contributed by atoms with Gasteiger partial charge in [-0.05, 0) is 60.1 Å². The van der Waals surface area contributed by atoms with Crippen LogP contribution in [0.15, 0.2) is 35.2 Å². The van der Waals surface area contributed by atoms with Crippen LogP contribution in [-0.2, 0) is 11.3 Å². The van der Waals surface area contributed by atoms with Crippen molar-refractivity contribution in [3.8, 4) is 0 Å². The highest BCUT2D eigenvalue weighted by Crippen LogP contribution is 2.45. The number of hydrogen-bond acceptors (Lipinski definition) is 7. The molecule has 0 spiro atoms. The summed E-state index contributed by atoms with van der Waals surface area (Å²) < 4.78 is 2.70. The Hall–Kier alpha value is -2.46. The summed E-state index contributed by atoms with van der Waals surface area (Å²) in [6.45, 7) is 4.25. The Morgan fingerprint density at radius 1 is 1.16 bits per heavy atom. The molecule has 2 aromatic heterocycles. The second kappa shape index (κ2) is 9.19. The Labute approximate surface area is 196 Å². The molecule has 170 valence electrons. The molecule has 3 heterocycles. The lowest BCUT2D eigenvalue weighted by molar-refractivity contribution is -0.122. The molecule has 0 radical (unpaired) electrons. The SMILES string of the molecule is NC(=O)[C@@H]1[C@H](Nc2nc(Nc3cnn(CCN4CCCCC4)c3)ncc2Br)[C@H]2C=C[C@@H]1C2. The second-order valence-electron chi connectivity index (χ2n) is 8.96. The van der Waals surface area contributed by atoms with Gasteiger partial charge in [0, 0.05) is 25.0 Å². The minimum atomic E-state index is -0.264. The molecule has 0 unspecified atom stereocenters. The number of halogens is 1. The molecule has 4 N–H and O–H groups in total. The number of primary amides is 1. The van der Waals surface area contributed by atoms with Crippen molar-refractivity contribution in [2.24, 2.45) is 23.5 Å². The summed E-state index contributed by atoms with van der Waals surface area (Å²) in [7, 11) is 0. The van der Waals surface area contributed by atoms with Crippen LogP contribution in [0.3, 0.4) is 0 Å². The van der Waals surface area contributed by atoms with Gasteiger partial charge in [0.05, 0.1) is 28.8 Å². The number of fused-ring (bicyclic) bond motifs is 2. The zero-order chi connectivity index (χ0) is 22.1. The lowest BCUT2D eigenvalue weighted by Crippen LogP contribution is -2.41. The molecule has 0 aromatic carbocycles. The maximum Gasteiger partial charge on any atom is 0.229 e. The van der Waals surface area contributed by atoms with Crippen LogP contribution in [0.4, 0.5) is 17.5 Å². The molecule has 2 fully saturated rings. The third kappa shape index (κ3) is 4.52. The third-order valence-electron chi connectivity index (χ3n) is 6.82. The topological polar surface area (TPSA) is 114 Å². The summed E-state index contributed by atoms with van der Waals surface area (Å²) >= 11 is 3.53. The van der Waals surface area contributed by atoms with Crippen LogP contribution >= 0.6 is 15.9 Å². The zero-order valence-electron chi connectivity index (χ0n) is 18.0. The maximum atomic E-state index is 12.0. The highest BCUT2D eigenvalue weighted by atomic mass is 79.9. The van der Waals surface area contributed by atoms with E-state index in [-0.39, 0.29) is 29.7 Å². The average Bonchev–Trinajstić information content (AvgIpc) is 3.52. The number of anilines is 3. The molecule has 1 saturated heterocycles. The summed E-state index contributed by atoms with van der Waals surface area (Å²) in [5.41, 5.74) is 6.53. The van der Waals surface area contributed by atoms with E-state index in [0.29, 0.717) is 11.8 Å². The smallest absolute Gasteiger partial charge is 0.229 e. The molecule has 10 heteroatoms. The first-order valence-electron chi connectivity index (χ1n) is 11.4. The highest BCUT2D eigenvalue weighted by molar-refractivity contribution is 9.10. The van der Waals surface area contributed by atoms with Gasteiger partial charge < -0.3 is 21.3 Å². The van der Waals surface area contributed by atoms with Gasteiger partial charge in [-0.25, -0.2) is 4.98 Å². The van der Waals surface area contributed by atoms with Gasteiger partial charge in [0.25, 0.3) is 0 Å². The number of nitrogens with zero attached hydrogens (tertiary/aromatic N) is 5. The van der Waals surface area contributed by atoms with Gasteiger partial charge in [-0.1, -0.05) is 18.6 Å². The van der Waals surface area contributed by atoms with Crippen molar-refractivity contribution in [2.75, 3.05) is 30.3 Å². The molecule has 1 aliphatic heterocycles. The van der Waals surface area contributed by atoms with E-state index in [1.807, 2.05) is 10.9 Å². The van der Waals surface area contributed by atoms with E-state index in [4.69, 9.17) is 5.73 Å². The molecule has 4 atom stereocenters. The first-order valence-corrected chi connectivity index (χ1v) is 12.1. The van der Waals surface area contributed by atoms with Crippen LogP contribution in [0.2, 0.25) is 0 Å². The Bertz CT molecular complexity index is 1000. The fourth-order valence-corrected chi connectivity index (χ4v) is 5.51. The molecule has 2 aromatic rings. The summed E-state index contributed by atoms with van der Waals surface area (Å²) in [5.74, 6) is 1.14. The summed E-state index contributed by atoms with van der Waals surface area (Å²) in [5, 5.41) is 11.1. The molecule has 5 rings (SSSR count). The Kier molecular flexibility index (Phi) is 6.14. The molecule has 2 aliphatic carbocycles. The van der Waals surface area contributed by atoms with Crippen LogP contribution in [0.5, 0.6) is 0 Å². The van der Waals surface area contributed by atoms with E-state index >= 15 is 0 Å². The molecule has 9 nitrogen and oxygen atoms in total. The second-order valence-corrected chi connectivity index (χ2v) is 9.81.